The van der Waals surface area contributed by atoms with E-state index in [2.05, 4.69) is 19.2 Å². The van der Waals surface area contributed by atoms with Gasteiger partial charge in [0.2, 0.25) is 11.8 Å². The van der Waals surface area contributed by atoms with Crippen LogP contribution in [0, 0.1) is 5.92 Å². The zero-order valence-electron chi connectivity index (χ0n) is 14.5. The van der Waals surface area contributed by atoms with Crippen LogP contribution in [0.1, 0.15) is 27.2 Å². The van der Waals surface area contributed by atoms with E-state index in [0.29, 0.717) is 29.6 Å². The Morgan fingerprint density at radius 3 is 2.43 bits per heavy atom. The first-order valence-electron chi connectivity index (χ1n) is 7.64. The van der Waals surface area contributed by atoms with E-state index in [1.807, 2.05) is 0 Å². The minimum atomic E-state index is -0.257. The van der Waals surface area contributed by atoms with Gasteiger partial charge in [-0.25, -0.2) is 0 Å². The molecule has 0 aliphatic rings. The molecule has 0 saturated carbocycles. The summed E-state index contributed by atoms with van der Waals surface area (Å²) in [5.74, 6) is 1.26. The fourth-order valence-electron chi connectivity index (χ4n) is 2.03. The summed E-state index contributed by atoms with van der Waals surface area (Å²) in [6, 6.07) is 5.14. The highest BCUT2D eigenvalue weighted by atomic mass is 16.5. The van der Waals surface area contributed by atoms with Crippen molar-refractivity contribution in [2.75, 3.05) is 32.6 Å². The number of hydrogen-bond donors (Lipinski definition) is 1. The Bertz CT molecular complexity index is 543. The number of hydrogen-bond acceptors (Lipinski definition) is 4. The predicted octanol–water partition coefficient (Wildman–Crippen LogP) is 2.54. The maximum absolute atomic E-state index is 12.2. The van der Waals surface area contributed by atoms with Crippen LogP contribution < -0.4 is 14.8 Å². The molecule has 2 amide bonds. The topological polar surface area (TPSA) is 67.9 Å². The number of methoxy groups -OCH3 is 2. The molecule has 0 saturated heterocycles. The molecule has 1 N–H and O–H groups in total. The number of amides is 2. The molecule has 0 heterocycles. The molecule has 0 spiro atoms. The quantitative estimate of drug-likeness (QED) is 0.798. The summed E-state index contributed by atoms with van der Waals surface area (Å²) in [6.07, 6.45) is 0.860. The molecule has 0 radical (unpaired) electrons. The van der Waals surface area contributed by atoms with Crippen LogP contribution in [0.15, 0.2) is 18.2 Å². The van der Waals surface area contributed by atoms with Crippen molar-refractivity contribution in [2.24, 2.45) is 5.92 Å². The minimum Gasteiger partial charge on any atom is -0.497 e. The third-order valence-corrected chi connectivity index (χ3v) is 3.44. The van der Waals surface area contributed by atoms with Gasteiger partial charge in [-0.1, -0.05) is 13.8 Å². The summed E-state index contributed by atoms with van der Waals surface area (Å²) in [6.45, 7) is 6.24. The first-order chi connectivity index (χ1) is 10.9. The minimum absolute atomic E-state index is 0.0250. The fraction of sp³-hybridized carbons (Fsp3) is 0.529. The number of carbonyl (C=O) groups is 2. The van der Waals surface area contributed by atoms with Crippen molar-refractivity contribution in [3.63, 3.8) is 0 Å². The van der Waals surface area contributed by atoms with Crippen molar-refractivity contribution in [1.82, 2.24) is 4.90 Å². The zero-order chi connectivity index (χ0) is 17.4. The lowest BCUT2D eigenvalue weighted by atomic mass is 10.1. The van der Waals surface area contributed by atoms with Gasteiger partial charge < -0.3 is 19.7 Å². The number of nitrogens with zero attached hydrogens (tertiary/aromatic N) is 1. The second kappa shape index (κ2) is 9.02. The summed E-state index contributed by atoms with van der Waals surface area (Å²) in [5.41, 5.74) is 0.547. The number of carbonyl (C=O) groups excluding carboxylic acids is 2. The van der Waals surface area contributed by atoms with Crippen LogP contribution >= 0.6 is 0 Å². The van der Waals surface area contributed by atoms with Crippen molar-refractivity contribution in [1.29, 1.82) is 0 Å². The Hall–Kier alpha value is -2.24. The van der Waals surface area contributed by atoms with E-state index >= 15 is 0 Å². The Labute approximate surface area is 137 Å². The first kappa shape index (κ1) is 18.8. The monoisotopic (exact) mass is 322 g/mol. The lowest BCUT2D eigenvalue weighted by Gasteiger charge is -2.21. The average Bonchev–Trinajstić information content (AvgIpc) is 2.51. The van der Waals surface area contributed by atoms with Crippen molar-refractivity contribution in [3.8, 4) is 11.5 Å². The molecule has 1 rings (SSSR count). The van der Waals surface area contributed by atoms with Crippen molar-refractivity contribution >= 4 is 17.5 Å². The molecule has 6 heteroatoms. The number of ether oxygens (including phenoxy) is 2. The highest BCUT2D eigenvalue weighted by Crippen LogP contribution is 2.28. The van der Waals surface area contributed by atoms with Gasteiger partial charge in [-0.2, -0.15) is 0 Å². The van der Waals surface area contributed by atoms with E-state index in [1.165, 1.54) is 14.0 Å². The van der Waals surface area contributed by atoms with E-state index in [-0.39, 0.29) is 18.4 Å². The van der Waals surface area contributed by atoms with Crippen LogP contribution in [-0.2, 0) is 9.59 Å². The van der Waals surface area contributed by atoms with Gasteiger partial charge >= 0.3 is 0 Å². The van der Waals surface area contributed by atoms with Crippen LogP contribution in [0.3, 0.4) is 0 Å². The molecular formula is C17H26N2O4. The van der Waals surface area contributed by atoms with Crippen LogP contribution in [0.2, 0.25) is 0 Å². The summed E-state index contributed by atoms with van der Waals surface area (Å²) in [7, 11) is 3.08. The molecule has 0 bridgehead atoms. The lowest BCUT2D eigenvalue weighted by Crippen LogP contribution is -2.37. The van der Waals surface area contributed by atoms with E-state index in [0.717, 1.165) is 6.42 Å². The predicted molar refractivity (Wildman–Crippen MR) is 89.9 cm³/mol. The smallest absolute Gasteiger partial charge is 0.244 e. The van der Waals surface area contributed by atoms with Gasteiger partial charge in [-0.3, -0.25) is 9.59 Å². The SMILES string of the molecule is COc1ccc(NC(=O)CN(CCC(C)C)C(C)=O)c(OC)c1. The van der Waals surface area contributed by atoms with Crippen LogP contribution in [0.25, 0.3) is 0 Å². The second-order valence-corrected chi connectivity index (χ2v) is 5.74. The standard InChI is InChI=1S/C17H26N2O4/c1-12(2)8-9-19(13(3)20)11-17(21)18-15-7-6-14(22-4)10-16(15)23-5/h6-7,10,12H,8-9,11H2,1-5H3,(H,18,21). The Morgan fingerprint density at radius 2 is 1.91 bits per heavy atom. The van der Waals surface area contributed by atoms with Gasteiger partial charge in [-0.15, -0.1) is 0 Å². The van der Waals surface area contributed by atoms with Crippen LogP contribution in [0.4, 0.5) is 5.69 Å². The fourth-order valence-corrected chi connectivity index (χ4v) is 2.03. The maximum Gasteiger partial charge on any atom is 0.244 e. The number of rotatable bonds is 8. The summed E-state index contributed by atoms with van der Waals surface area (Å²) < 4.78 is 10.4. The molecule has 1 aromatic rings. The summed E-state index contributed by atoms with van der Waals surface area (Å²) in [5, 5.41) is 2.77. The van der Waals surface area contributed by atoms with Gasteiger partial charge in [0.05, 0.1) is 26.5 Å². The van der Waals surface area contributed by atoms with E-state index < -0.39 is 0 Å². The van der Waals surface area contributed by atoms with Crippen LogP contribution in [0.5, 0.6) is 11.5 Å². The molecule has 0 aliphatic heterocycles. The van der Waals surface area contributed by atoms with E-state index in [1.54, 1.807) is 30.2 Å². The normalized spacial score (nSPS) is 10.3. The maximum atomic E-state index is 12.2. The highest BCUT2D eigenvalue weighted by molar-refractivity contribution is 5.95. The van der Waals surface area contributed by atoms with Crippen molar-refractivity contribution in [2.45, 2.75) is 27.2 Å². The molecule has 0 fully saturated rings. The largest absolute Gasteiger partial charge is 0.497 e. The molecule has 128 valence electrons. The van der Waals surface area contributed by atoms with Gasteiger partial charge in [-0.05, 0) is 24.5 Å². The number of benzene rings is 1. The molecule has 6 nitrogen and oxygen atoms in total. The third-order valence-electron chi connectivity index (χ3n) is 3.44. The molecular weight excluding hydrogens is 296 g/mol. The average molecular weight is 322 g/mol. The number of nitrogens with one attached hydrogen (secondary N) is 1. The van der Waals surface area contributed by atoms with Gasteiger partial charge in [0, 0.05) is 19.5 Å². The highest BCUT2D eigenvalue weighted by Gasteiger charge is 2.15. The second-order valence-electron chi connectivity index (χ2n) is 5.74. The molecule has 0 atom stereocenters. The van der Waals surface area contributed by atoms with E-state index in [9.17, 15) is 9.59 Å². The van der Waals surface area contributed by atoms with Crippen molar-refractivity contribution < 1.29 is 19.1 Å². The Morgan fingerprint density at radius 1 is 1.22 bits per heavy atom. The molecule has 0 unspecified atom stereocenters. The van der Waals surface area contributed by atoms with Gasteiger partial charge in [0.25, 0.3) is 0 Å². The Balaban J connectivity index is 2.72. The summed E-state index contributed by atoms with van der Waals surface area (Å²) in [4.78, 5) is 25.4. The lowest BCUT2D eigenvalue weighted by molar-refractivity contribution is -0.132. The van der Waals surface area contributed by atoms with E-state index in [4.69, 9.17) is 9.47 Å². The summed E-state index contributed by atoms with van der Waals surface area (Å²) >= 11 is 0. The first-order valence-corrected chi connectivity index (χ1v) is 7.64. The van der Waals surface area contributed by atoms with Crippen molar-refractivity contribution in [3.05, 3.63) is 18.2 Å². The molecule has 0 aliphatic carbocycles. The zero-order valence-corrected chi connectivity index (χ0v) is 14.5. The molecule has 1 aromatic carbocycles. The molecule has 0 aromatic heterocycles. The van der Waals surface area contributed by atoms with Crippen LogP contribution in [-0.4, -0.2) is 44.0 Å². The van der Waals surface area contributed by atoms with Gasteiger partial charge in [0.15, 0.2) is 0 Å². The third kappa shape index (κ3) is 6.18. The van der Waals surface area contributed by atoms with Gasteiger partial charge in [0.1, 0.15) is 11.5 Å². The molecule has 23 heavy (non-hydrogen) atoms. The Kier molecular flexibility index (Phi) is 7.38. The number of anilines is 1.